The Labute approximate surface area is 188 Å². The van der Waals surface area contributed by atoms with Gasteiger partial charge in [-0.15, -0.1) is 0 Å². The van der Waals surface area contributed by atoms with E-state index in [9.17, 15) is 13.2 Å². The van der Waals surface area contributed by atoms with Crippen LogP contribution in [0.1, 0.15) is 48.7 Å². The maximum absolute atomic E-state index is 13.6. The number of amides is 1. The number of carbonyl (C=O) groups is 1. The maximum atomic E-state index is 13.6. The van der Waals surface area contributed by atoms with Crippen molar-refractivity contribution < 1.29 is 13.2 Å². The molecule has 2 heterocycles. The summed E-state index contributed by atoms with van der Waals surface area (Å²) < 4.78 is 27.3. The Morgan fingerprint density at radius 2 is 1.97 bits per heavy atom. The molecule has 1 aliphatic carbocycles. The molecule has 2 atom stereocenters. The molecule has 1 aromatic heterocycles. The van der Waals surface area contributed by atoms with Crippen LogP contribution in [0.3, 0.4) is 0 Å². The number of piperidine rings is 1. The predicted molar refractivity (Wildman–Crippen MR) is 123 cm³/mol. The largest absolute Gasteiger partial charge is 0.345 e. The van der Waals surface area contributed by atoms with Crippen molar-refractivity contribution in [2.24, 2.45) is 5.41 Å². The third-order valence-corrected chi connectivity index (χ3v) is 9.49. The first-order chi connectivity index (χ1) is 15.1. The number of nitrogens with zero attached hydrogens (tertiary/aromatic N) is 2. The molecule has 1 amide bonds. The lowest BCUT2D eigenvalue weighted by Crippen LogP contribution is -2.64. The Bertz CT molecular complexity index is 1340. The van der Waals surface area contributed by atoms with E-state index in [1.165, 1.54) is 7.05 Å². The topological polar surface area (TPSA) is 95.2 Å². The van der Waals surface area contributed by atoms with Crippen LogP contribution >= 0.6 is 0 Å². The minimum atomic E-state index is -3.52. The first-order valence-electron chi connectivity index (χ1n) is 10.9. The van der Waals surface area contributed by atoms with Crippen LogP contribution in [-0.4, -0.2) is 48.8 Å². The molecule has 7 nitrogen and oxygen atoms in total. The lowest BCUT2D eigenvalue weighted by Gasteiger charge is -2.60. The van der Waals surface area contributed by atoms with Crippen molar-refractivity contribution >= 4 is 27.0 Å². The molecule has 2 aliphatic rings. The number of rotatable bonds is 3. The van der Waals surface area contributed by atoms with Gasteiger partial charge in [0.2, 0.25) is 10.0 Å². The standard InChI is InChI=1S/C24H28N4O3S/c1-23(2)21-12-15-5-7-17(32(30,31)25-4)13-18(15)24(23,3)9-10-28(21)22(29)16-6-8-19-20(11-16)27-14-26-19/h5-8,11,13-14,21,25H,9-10,12H2,1-4H3,(H,26,27)/t21-,24+/m1/s1. The van der Waals surface area contributed by atoms with Gasteiger partial charge < -0.3 is 9.88 Å². The number of likely N-dealkylation sites (tertiary alicyclic amines) is 1. The number of imidazole rings is 1. The van der Waals surface area contributed by atoms with Gasteiger partial charge in [0, 0.05) is 23.6 Å². The lowest BCUT2D eigenvalue weighted by molar-refractivity contribution is -0.0263. The molecule has 3 aromatic rings. The first kappa shape index (κ1) is 21.2. The zero-order valence-electron chi connectivity index (χ0n) is 18.8. The smallest absolute Gasteiger partial charge is 0.254 e. The van der Waals surface area contributed by atoms with E-state index in [2.05, 4.69) is 35.5 Å². The molecule has 0 radical (unpaired) electrons. The molecule has 0 spiro atoms. The average Bonchev–Trinajstić information content (AvgIpc) is 3.23. The Morgan fingerprint density at radius 1 is 1.19 bits per heavy atom. The molecule has 8 heteroatoms. The van der Waals surface area contributed by atoms with E-state index >= 15 is 0 Å². The van der Waals surface area contributed by atoms with Crippen LogP contribution in [0.2, 0.25) is 0 Å². The predicted octanol–water partition coefficient (Wildman–Crippen LogP) is 3.23. The third kappa shape index (κ3) is 2.85. The van der Waals surface area contributed by atoms with Crippen LogP contribution in [0.5, 0.6) is 0 Å². The van der Waals surface area contributed by atoms with Gasteiger partial charge in [-0.2, -0.15) is 0 Å². The van der Waals surface area contributed by atoms with Crippen molar-refractivity contribution in [1.29, 1.82) is 0 Å². The van der Waals surface area contributed by atoms with Crippen molar-refractivity contribution in [2.75, 3.05) is 13.6 Å². The molecule has 32 heavy (non-hydrogen) atoms. The van der Waals surface area contributed by atoms with E-state index in [0.717, 1.165) is 28.6 Å². The molecular weight excluding hydrogens is 424 g/mol. The maximum Gasteiger partial charge on any atom is 0.254 e. The summed E-state index contributed by atoms with van der Waals surface area (Å²) >= 11 is 0. The average molecular weight is 453 g/mol. The SMILES string of the molecule is CNS(=O)(=O)c1ccc2c(c1)[C@]1(C)CCN(C(=O)c3ccc4nc[nH]c4c3)[C@H](C2)C1(C)C. The molecule has 1 fully saturated rings. The van der Waals surface area contributed by atoms with Crippen LogP contribution < -0.4 is 4.72 Å². The molecule has 5 rings (SSSR count). The summed E-state index contributed by atoms with van der Waals surface area (Å²) in [4.78, 5) is 23.2. The molecule has 0 unspecified atom stereocenters. The van der Waals surface area contributed by atoms with Crippen molar-refractivity contribution in [1.82, 2.24) is 19.6 Å². The van der Waals surface area contributed by atoms with Crippen molar-refractivity contribution in [2.45, 2.75) is 50.0 Å². The number of benzene rings is 2. The van der Waals surface area contributed by atoms with Crippen LogP contribution in [0.25, 0.3) is 11.0 Å². The molecule has 0 saturated carbocycles. The van der Waals surface area contributed by atoms with E-state index in [0.29, 0.717) is 23.4 Å². The number of fused-ring (bicyclic) bond motifs is 5. The number of carbonyl (C=O) groups excluding carboxylic acids is 1. The summed E-state index contributed by atoms with van der Waals surface area (Å²) in [5, 5.41) is 0. The molecule has 2 bridgehead atoms. The van der Waals surface area contributed by atoms with E-state index in [1.54, 1.807) is 12.4 Å². The Balaban J connectivity index is 1.56. The highest BCUT2D eigenvalue weighted by molar-refractivity contribution is 7.89. The number of H-pyrrole nitrogens is 1. The number of nitrogens with one attached hydrogen (secondary N) is 2. The minimum Gasteiger partial charge on any atom is -0.345 e. The quantitative estimate of drug-likeness (QED) is 0.638. The van der Waals surface area contributed by atoms with Gasteiger partial charge in [-0.1, -0.05) is 26.8 Å². The fraction of sp³-hybridized carbons (Fsp3) is 0.417. The van der Waals surface area contributed by atoms with Crippen LogP contribution in [0.15, 0.2) is 47.6 Å². The highest BCUT2D eigenvalue weighted by Crippen LogP contribution is 2.56. The van der Waals surface area contributed by atoms with Gasteiger partial charge in [0.1, 0.15) is 0 Å². The molecule has 1 saturated heterocycles. The summed E-state index contributed by atoms with van der Waals surface area (Å²) in [6, 6.07) is 11.0. The summed E-state index contributed by atoms with van der Waals surface area (Å²) in [5.41, 5.74) is 4.08. The van der Waals surface area contributed by atoms with Gasteiger partial charge in [0.15, 0.2) is 0 Å². The fourth-order valence-corrected chi connectivity index (χ4v) is 6.40. The van der Waals surface area contributed by atoms with E-state index < -0.39 is 10.0 Å². The van der Waals surface area contributed by atoms with Crippen LogP contribution in [0.4, 0.5) is 0 Å². The summed E-state index contributed by atoms with van der Waals surface area (Å²) in [6.07, 6.45) is 3.11. The van der Waals surface area contributed by atoms with E-state index in [4.69, 9.17) is 0 Å². The Hall–Kier alpha value is -2.71. The van der Waals surface area contributed by atoms with Crippen molar-refractivity contribution in [3.8, 4) is 0 Å². The normalized spacial score (nSPS) is 24.4. The summed E-state index contributed by atoms with van der Waals surface area (Å²) in [5.74, 6) is 0.0273. The van der Waals surface area contributed by atoms with E-state index in [1.807, 2.05) is 35.2 Å². The van der Waals surface area contributed by atoms with Gasteiger partial charge in [0.05, 0.1) is 22.3 Å². The molecular formula is C24H28N4O3S. The number of hydrogen-bond acceptors (Lipinski definition) is 4. The van der Waals surface area contributed by atoms with Crippen LogP contribution in [0, 0.1) is 5.41 Å². The Morgan fingerprint density at radius 3 is 2.72 bits per heavy atom. The highest BCUT2D eigenvalue weighted by Gasteiger charge is 2.57. The number of hydrogen-bond donors (Lipinski definition) is 2. The number of sulfonamides is 1. The number of aromatic nitrogens is 2. The molecule has 2 aromatic carbocycles. The summed E-state index contributed by atoms with van der Waals surface area (Å²) in [7, 11) is -2.09. The second-order valence-corrected chi connectivity index (χ2v) is 11.6. The number of aromatic amines is 1. The van der Waals surface area contributed by atoms with Gasteiger partial charge in [-0.3, -0.25) is 4.79 Å². The fourth-order valence-electron chi connectivity index (χ4n) is 5.64. The second kappa shape index (κ2) is 6.89. The van der Waals surface area contributed by atoms with E-state index in [-0.39, 0.29) is 22.8 Å². The van der Waals surface area contributed by atoms with Crippen molar-refractivity contribution in [3.05, 3.63) is 59.4 Å². The van der Waals surface area contributed by atoms with Gasteiger partial charge in [0.25, 0.3) is 5.91 Å². The van der Waals surface area contributed by atoms with Crippen LogP contribution in [-0.2, 0) is 21.9 Å². The third-order valence-electron chi connectivity index (χ3n) is 8.08. The zero-order chi connectivity index (χ0) is 22.9. The first-order valence-corrected chi connectivity index (χ1v) is 12.4. The molecule has 168 valence electrons. The summed E-state index contributed by atoms with van der Waals surface area (Å²) in [6.45, 7) is 7.26. The highest BCUT2D eigenvalue weighted by atomic mass is 32.2. The monoisotopic (exact) mass is 452 g/mol. The second-order valence-electron chi connectivity index (χ2n) is 9.68. The van der Waals surface area contributed by atoms with Gasteiger partial charge >= 0.3 is 0 Å². The van der Waals surface area contributed by atoms with Crippen molar-refractivity contribution in [3.63, 3.8) is 0 Å². The molecule has 2 N–H and O–H groups in total. The van der Waals surface area contributed by atoms with Gasteiger partial charge in [-0.25, -0.2) is 18.1 Å². The van der Waals surface area contributed by atoms with Gasteiger partial charge in [-0.05, 0) is 66.8 Å². The Kier molecular flexibility index (Phi) is 4.56. The zero-order valence-corrected chi connectivity index (χ0v) is 19.6. The lowest BCUT2D eigenvalue weighted by atomic mass is 9.51. The minimum absolute atomic E-state index is 0.0190. The molecule has 1 aliphatic heterocycles.